The summed E-state index contributed by atoms with van der Waals surface area (Å²) in [6, 6.07) is 2.06. The van der Waals surface area contributed by atoms with Gasteiger partial charge in [0, 0.05) is 12.7 Å². The summed E-state index contributed by atoms with van der Waals surface area (Å²) in [5.41, 5.74) is 2.30. The van der Waals surface area contributed by atoms with E-state index in [1.807, 2.05) is 39.4 Å². The first-order valence-electron chi connectivity index (χ1n) is 3.67. The summed E-state index contributed by atoms with van der Waals surface area (Å²) >= 11 is 0. The minimum Gasteiger partial charge on any atom is -0.273 e. The molecule has 58 valence electrons. The maximum Gasteiger partial charge on any atom is 0.0596 e. The van der Waals surface area contributed by atoms with Crippen LogP contribution in [0.15, 0.2) is 6.07 Å². The van der Waals surface area contributed by atoms with E-state index in [4.69, 9.17) is 0 Å². The van der Waals surface area contributed by atoms with Crippen molar-refractivity contribution in [2.24, 2.45) is 7.05 Å². The van der Waals surface area contributed by atoms with Crippen LogP contribution in [0, 0.1) is 13.8 Å². The lowest BCUT2D eigenvalue weighted by molar-refractivity contribution is 0.731. The van der Waals surface area contributed by atoms with E-state index >= 15 is 0 Å². The Morgan fingerprint density at radius 1 is 1.30 bits per heavy atom. The van der Waals surface area contributed by atoms with Gasteiger partial charge in [-0.2, -0.15) is 5.10 Å². The lowest BCUT2D eigenvalue weighted by Crippen LogP contribution is -1.91. The van der Waals surface area contributed by atoms with Gasteiger partial charge in [-0.25, -0.2) is 0 Å². The summed E-state index contributed by atoms with van der Waals surface area (Å²) in [6.07, 6.45) is 0. The van der Waals surface area contributed by atoms with Gasteiger partial charge >= 0.3 is 0 Å². The predicted molar refractivity (Wildman–Crippen MR) is 44.0 cm³/mol. The van der Waals surface area contributed by atoms with E-state index in [9.17, 15) is 0 Å². The summed E-state index contributed by atoms with van der Waals surface area (Å²) in [7, 11) is 1.95. The average Bonchev–Trinajstić information content (AvgIpc) is 2.16. The lowest BCUT2D eigenvalue weighted by Gasteiger charge is -1.87. The van der Waals surface area contributed by atoms with Gasteiger partial charge in [0.2, 0.25) is 0 Å². The zero-order valence-electron chi connectivity index (χ0n) is 7.47. The summed E-state index contributed by atoms with van der Waals surface area (Å²) in [6.45, 7) is 8.03. The fourth-order valence-corrected chi connectivity index (χ4v) is 0.740. The fourth-order valence-electron chi connectivity index (χ4n) is 0.740. The number of rotatable bonds is 0. The van der Waals surface area contributed by atoms with E-state index in [-0.39, 0.29) is 0 Å². The number of nitrogens with zero attached hydrogens (tertiary/aromatic N) is 2. The van der Waals surface area contributed by atoms with Crippen LogP contribution in [0.4, 0.5) is 0 Å². The smallest absolute Gasteiger partial charge is 0.0596 e. The third-order valence-corrected chi connectivity index (χ3v) is 1.24. The molecule has 2 heteroatoms. The highest BCUT2D eigenvalue weighted by atomic mass is 15.3. The number of aromatic nitrogens is 2. The van der Waals surface area contributed by atoms with E-state index in [2.05, 4.69) is 11.2 Å². The normalized spacial score (nSPS) is 8.50. The van der Waals surface area contributed by atoms with Crippen LogP contribution >= 0.6 is 0 Å². The summed E-state index contributed by atoms with van der Waals surface area (Å²) in [5, 5.41) is 4.13. The minimum absolute atomic E-state index is 1.09. The molecule has 0 fully saturated rings. The molecule has 0 unspecified atom stereocenters. The molecule has 0 spiro atoms. The van der Waals surface area contributed by atoms with Gasteiger partial charge in [-0.3, -0.25) is 4.68 Å². The van der Waals surface area contributed by atoms with E-state index in [0.717, 1.165) is 5.69 Å². The predicted octanol–water partition coefficient (Wildman–Crippen LogP) is 2.06. The van der Waals surface area contributed by atoms with Crippen LogP contribution in [0.1, 0.15) is 25.2 Å². The highest BCUT2D eigenvalue weighted by Crippen LogP contribution is 1.96. The van der Waals surface area contributed by atoms with Gasteiger partial charge in [0.15, 0.2) is 0 Å². The topological polar surface area (TPSA) is 17.8 Å². The minimum atomic E-state index is 1.09. The number of aryl methyl sites for hydroxylation is 3. The van der Waals surface area contributed by atoms with Gasteiger partial charge in [-0.1, -0.05) is 13.8 Å². The Morgan fingerprint density at radius 2 is 1.80 bits per heavy atom. The van der Waals surface area contributed by atoms with Crippen molar-refractivity contribution in [3.8, 4) is 0 Å². The molecule has 1 rings (SSSR count). The molecule has 0 saturated carbocycles. The van der Waals surface area contributed by atoms with Gasteiger partial charge in [0.25, 0.3) is 0 Å². The molecule has 0 radical (unpaired) electrons. The van der Waals surface area contributed by atoms with Crippen molar-refractivity contribution >= 4 is 0 Å². The van der Waals surface area contributed by atoms with Gasteiger partial charge < -0.3 is 0 Å². The second kappa shape index (κ2) is 4.09. The van der Waals surface area contributed by atoms with Crippen LogP contribution < -0.4 is 0 Å². The quantitative estimate of drug-likeness (QED) is 0.539. The Balaban J connectivity index is 0.000000371. The molecule has 0 bridgehead atoms. The molecule has 0 aromatic carbocycles. The molecule has 1 heterocycles. The third-order valence-electron chi connectivity index (χ3n) is 1.24. The molecular weight excluding hydrogens is 124 g/mol. The molecule has 1 aromatic rings. The van der Waals surface area contributed by atoms with Crippen LogP contribution in [-0.2, 0) is 7.05 Å². The molecule has 10 heavy (non-hydrogen) atoms. The van der Waals surface area contributed by atoms with Gasteiger partial charge in [0.05, 0.1) is 5.69 Å². The Morgan fingerprint density at radius 3 is 1.90 bits per heavy atom. The van der Waals surface area contributed by atoms with E-state index in [0.29, 0.717) is 0 Å². The largest absolute Gasteiger partial charge is 0.273 e. The summed E-state index contributed by atoms with van der Waals surface area (Å²) < 4.78 is 1.87. The van der Waals surface area contributed by atoms with Gasteiger partial charge in [0.1, 0.15) is 0 Å². The maximum absolute atomic E-state index is 4.13. The summed E-state index contributed by atoms with van der Waals surface area (Å²) in [5.74, 6) is 0. The van der Waals surface area contributed by atoms with Crippen molar-refractivity contribution in [2.45, 2.75) is 27.7 Å². The Labute approximate surface area is 62.9 Å². The molecule has 0 N–H and O–H groups in total. The Hall–Kier alpha value is -0.790. The van der Waals surface area contributed by atoms with Gasteiger partial charge in [-0.05, 0) is 19.9 Å². The molecule has 0 amide bonds. The fraction of sp³-hybridized carbons (Fsp3) is 0.625. The van der Waals surface area contributed by atoms with Crippen molar-refractivity contribution in [3.05, 3.63) is 17.5 Å². The van der Waals surface area contributed by atoms with E-state index in [1.54, 1.807) is 0 Å². The van der Waals surface area contributed by atoms with Crippen LogP contribution in [0.5, 0.6) is 0 Å². The van der Waals surface area contributed by atoms with Gasteiger partial charge in [-0.15, -0.1) is 0 Å². The van der Waals surface area contributed by atoms with Crippen molar-refractivity contribution in [1.29, 1.82) is 0 Å². The SMILES string of the molecule is CC.Cc1cc(C)n(C)n1. The van der Waals surface area contributed by atoms with Crippen molar-refractivity contribution in [3.63, 3.8) is 0 Å². The van der Waals surface area contributed by atoms with Crippen LogP contribution in [-0.4, -0.2) is 9.78 Å². The Bertz CT molecular complexity index is 170. The number of hydrogen-bond donors (Lipinski definition) is 0. The molecule has 0 aliphatic rings. The zero-order chi connectivity index (χ0) is 8.15. The zero-order valence-corrected chi connectivity index (χ0v) is 7.47. The molecular formula is C8H16N2. The second-order valence-corrected chi connectivity index (χ2v) is 2.05. The molecule has 1 aromatic heterocycles. The van der Waals surface area contributed by atoms with Crippen LogP contribution in [0.2, 0.25) is 0 Å². The molecule has 0 aliphatic carbocycles. The first-order valence-corrected chi connectivity index (χ1v) is 3.67. The first-order chi connectivity index (χ1) is 4.70. The monoisotopic (exact) mass is 140 g/mol. The lowest BCUT2D eigenvalue weighted by atomic mass is 10.4. The van der Waals surface area contributed by atoms with Crippen molar-refractivity contribution in [1.82, 2.24) is 9.78 Å². The average molecular weight is 140 g/mol. The molecule has 0 aliphatic heterocycles. The number of hydrogen-bond acceptors (Lipinski definition) is 1. The third kappa shape index (κ3) is 2.21. The summed E-state index contributed by atoms with van der Waals surface area (Å²) in [4.78, 5) is 0. The van der Waals surface area contributed by atoms with E-state index < -0.39 is 0 Å². The first kappa shape index (κ1) is 9.21. The van der Waals surface area contributed by atoms with Crippen LogP contribution in [0.3, 0.4) is 0 Å². The molecule has 0 saturated heterocycles. The molecule has 2 nitrogen and oxygen atoms in total. The maximum atomic E-state index is 4.13. The Kier molecular flexibility index (Phi) is 3.77. The highest BCUT2D eigenvalue weighted by Gasteiger charge is 1.91. The standard InChI is InChI=1S/C6H10N2.C2H6/c1-5-4-6(2)8(3)7-5;1-2/h4H,1-3H3;1-2H3. The molecule has 0 atom stereocenters. The highest BCUT2D eigenvalue weighted by molar-refractivity contribution is 5.05. The van der Waals surface area contributed by atoms with Crippen molar-refractivity contribution in [2.75, 3.05) is 0 Å². The van der Waals surface area contributed by atoms with Crippen LogP contribution in [0.25, 0.3) is 0 Å². The second-order valence-electron chi connectivity index (χ2n) is 2.05. The van der Waals surface area contributed by atoms with Crippen molar-refractivity contribution < 1.29 is 0 Å². The van der Waals surface area contributed by atoms with E-state index in [1.165, 1.54) is 5.69 Å².